The predicted molar refractivity (Wildman–Crippen MR) is 63.0 cm³/mol. The molecule has 1 nitrogen and oxygen atoms in total. The predicted octanol–water partition coefficient (Wildman–Crippen LogP) is 4.02. The Labute approximate surface area is 91.4 Å². The van der Waals surface area contributed by atoms with Crippen LogP contribution in [0.4, 0.5) is 0 Å². The molecule has 0 N–H and O–H groups in total. The number of benzene rings is 1. The first-order valence-corrected chi connectivity index (χ1v) is 5.11. The minimum atomic E-state index is 0.560. The van der Waals surface area contributed by atoms with Gasteiger partial charge in [-0.1, -0.05) is 25.1 Å². The fourth-order valence-corrected chi connectivity index (χ4v) is 0.893. The second-order valence-electron chi connectivity index (χ2n) is 2.68. The van der Waals surface area contributed by atoms with Gasteiger partial charge in [-0.15, -0.1) is 18.2 Å². The summed E-state index contributed by atoms with van der Waals surface area (Å²) in [5, 5.41) is 0. The molecule has 0 aliphatic carbocycles. The van der Waals surface area contributed by atoms with Crippen LogP contribution in [0.1, 0.15) is 18.9 Å². The van der Waals surface area contributed by atoms with E-state index in [-0.39, 0.29) is 0 Å². The van der Waals surface area contributed by atoms with Gasteiger partial charge in [0.05, 0.1) is 7.11 Å². The molecule has 1 aromatic rings. The van der Waals surface area contributed by atoms with E-state index in [2.05, 4.69) is 13.5 Å². The zero-order chi connectivity index (χ0) is 10.8. The lowest BCUT2D eigenvalue weighted by molar-refractivity contribution is 0.414. The van der Waals surface area contributed by atoms with Crippen molar-refractivity contribution in [1.82, 2.24) is 0 Å². The van der Waals surface area contributed by atoms with E-state index in [1.165, 1.54) is 0 Å². The summed E-state index contributed by atoms with van der Waals surface area (Å²) in [5.74, 6) is 1.43. The van der Waals surface area contributed by atoms with Gasteiger partial charge in [-0.05, 0) is 24.1 Å². The van der Waals surface area contributed by atoms with Gasteiger partial charge in [0.1, 0.15) is 5.75 Å². The largest absolute Gasteiger partial charge is 0.497 e. The molecule has 14 heavy (non-hydrogen) atoms. The molecule has 0 unspecified atom stereocenters. The summed E-state index contributed by atoms with van der Waals surface area (Å²) in [6, 6.07) is 7.70. The first-order chi connectivity index (χ1) is 6.78. The van der Waals surface area contributed by atoms with Gasteiger partial charge in [-0.3, -0.25) is 0 Å². The molecule has 0 heterocycles. The quantitative estimate of drug-likeness (QED) is 0.543. The molecule has 2 heteroatoms. The van der Waals surface area contributed by atoms with E-state index in [1.807, 2.05) is 30.3 Å². The summed E-state index contributed by atoms with van der Waals surface area (Å²) < 4.78 is 4.97. The van der Waals surface area contributed by atoms with Crippen molar-refractivity contribution >= 4 is 11.6 Å². The summed E-state index contributed by atoms with van der Waals surface area (Å²) in [6.45, 7) is 5.54. The fraction of sp³-hybridized carbons (Fsp3) is 0.333. The SMILES string of the molecule is C=CCC.COc1ccc(CCl)cc1. The lowest BCUT2D eigenvalue weighted by Gasteiger charge is -1.98. The molecule has 0 saturated carbocycles. The summed E-state index contributed by atoms with van der Waals surface area (Å²) in [6.07, 6.45) is 2.96. The van der Waals surface area contributed by atoms with Gasteiger partial charge in [0, 0.05) is 5.88 Å². The molecule has 0 saturated heterocycles. The number of hydrogen-bond acceptors (Lipinski definition) is 1. The van der Waals surface area contributed by atoms with Crippen molar-refractivity contribution in [2.24, 2.45) is 0 Å². The van der Waals surface area contributed by atoms with Crippen molar-refractivity contribution < 1.29 is 4.74 Å². The normalized spacial score (nSPS) is 8.50. The van der Waals surface area contributed by atoms with Gasteiger partial charge in [-0.2, -0.15) is 0 Å². The molecule has 0 bridgehead atoms. The molecule has 0 radical (unpaired) electrons. The van der Waals surface area contributed by atoms with Crippen molar-refractivity contribution in [2.45, 2.75) is 19.2 Å². The van der Waals surface area contributed by atoms with E-state index >= 15 is 0 Å². The van der Waals surface area contributed by atoms with Gasteiger partial charge in [0.25, 0.3) is 0 Å². The third-order valence-electron chi connectivity index (χ3n) is 1.60. The molecule has 78 valence electrons. The zero-order valence-electron chi connectivity index (χ0n) is 8.79. The Hall–Kier alpha value is -0.950. The van der Waals surface area contributed by atoms with Crippen LogP contribution in [0.15, 0.2) is 36.9 Å². The van der Waals surface area contributed by atoms with Gasteiger partial charge in [-0.25, -0.2) is 0 Å². The molecule has 0 atom stereocenters. The maximum atomic E-state index is 5.58. The molecule has 1 aromatic carbocycles. The summed E-state index contributed by atoms with van der Waals surface area (Å²) >= 11 is 5.58. The average molecular weight is 213 g/mol. The Morgan fingerprint density at radius 2 is 1.86 bits per heavy atom. The van der Waals surface area contributed by atoms with Crippen LogP contribution < -0.4 is 4.74 Å². The summed E-state index contributed by atoms with van der Waals surface area (Å²) in [5.41, 5.74) is 1.11. The Bertz CT molecular complexity index is 218. The van der Waals surface area contributed by atoms with Crippen LogP contribution in [-0.4, -0.2) is 7.11 Å². The van der Waals surface area contributed by atoms with Gasteiger partial charge >= 0.3 is 0 Å². The molecule has 0 amide bonds. The minimum Gasteiger partial charge on any atom is -0.497 e. The van der Waals surface area contributed by atoms with Crippen LogP contribution in [-0.2, 0) is 5.88 Å². The second-order valence-corrected chi connectivity index (χ2v) is 2.95. The van der Waals surface area contributed by atoms with E-state index < -0.39 is 0 Å². The zero-order valence-corrected chi connectivity index (χ0v) is 9.55. The molecule has 0 aromatic heterocycles. The Morgan fingerprint density at radius 3 is 2.14 bits per heavy atom. The van der Waals surface area contributed by atoms with Gasteiger partial charge in [0.15, 0.2) is 0 Å². The molecule has 0 aliphatic rings. The highest BCUT2D eigenvalue weighted by molar-refractivity contribution is 6.17. The molecule has 1 rings (SSSR count). The smallest absolute Gasteiger partial charge is 0.118 e. The van der Waals surface area contributed by atoms with Crippen molar-refractivity contribution in [2.75, 3.05) is 7.11 Å². The standard InChI is InChI=1S/C8H9ClO.C4H8/c1-10-8-4-2-7(6-9)3-5-8;1-3-4-2/h2-5H,6H2,1H3;3H,1,4H2,2H3. The average Bonchev–Trinajstić information content (AvgIpc) is 2.29. The minimum absolute atomic E-state index is 0.560. The number of alkyl halides is 1. The lowest BCUT2D eigenvalue weighted by atomic mass is 10.2. The fourth-order valence-electron chi connectivity index (χ4n) is 0.715. The highest BCUT2D eigenvalue weighted by Crippen LogP contribution is 2.12. The van der Waals surface area contributed by atoms with Crippen LogP contribution >= 0.6 is 11.6 Å². The topological polar surface area (TPSA) is 9.23 Å². The Morgan fingerprint density at radius 1 is 1.36 bits per heavy atom. The number of hydrogen-bond donors (Lipinski definition) is 0. The van der Waals surface area contributed by atoms with E-state index in [0.29, 0.717) is 5.88 Å². The molecule has 0 fully saturated rings. The number of ether oxygens (including phenoxy) is 1. The first-order valence-electron chi connectivity index (χ1n) is 4.58. The van der Waals surface area contributed by atoms with E-state index in [1.54, 1.807) is 7.11 Å². The van der Waals surface area contributed by atoms with Gasteiger partial charge < -0.3 is 4.74 Å². The maximum Gasteiger partial charge on any atom is 0.118 e. The van der Waals surface area contributed by atoms with Crippen LogP contribution in [0.5, 0.6) is 5.75 Å². The third-order valence-corrected chi connectivity index (χ3v) is 1.91. The molecule has 0 aliphatic heterocycles. The molecular formula is C12H17ClO. The molecule has 0 spiro atoms. The summed E-state index contributed by atoms with van der Waals surface area (Å²) in [4.78, 5) is 0. The van der Waals surface area contributed by atoms with Crippen LogP contribution in [0.2, 0.25) is 0 Å². The number of methoxy groups -OCH3 is 1. The number of halogens is 1. The van der Waals surface area contributed by atoms with Crippen molar-refractivity contribution in [3.8, 4) is 5.75 Å². The monoisotopic (exact) mass is 212 g/mol. The van der Waals surface area contributed by atoms with E-state index in [4.69, 9.17) is 16.3 Å². The summed E-state index contributed by atoms with van der Waals surface area (Å²) in [7, 11) is 1.65. The second kappa shape index (κ2) is 8.64. The third kappa shape index (κ3) is 5.65. The van der Waals surface area contributed by atoms with Crippen LogP contribution in [0.25, 0.3) is 0 Å². The van der Waals surface area contributed by atoms with Crippen molar-refractivity contribution in [3.63, 3.8) is 0 Å². The lowest BCUT2D eigenvalue weighted by Crippen LogP contribution is -1.82. The number of rotatable bonds is 3. The highest BCUT2D eigenvalue weighted by Gasteiger charge is 1.90. The van der Waals surface area contributed by atoms with Gasteiger partial charge in [0.2, 0.25) is 0 Å². The molecular weight excluding hydrogens is 196 g/mol. The van der Waals surface area contributed by atoms with Crippen LogP contribution in [0, 0.1) is 0 Å². The van der Waals surface area contributed by atoms with E-state index in [9.17, 15) is 0 Å². The first kappa shape index (κ1) is 13.1. The Balaban J connectivity index is 0.000000364. The van der Waals surface area contributed by atoms with Crippen LogP contribution in [0.3, 0.4) is 0 Å². The van der Waals surface area contributed by atoms with E-state index in [0.717, 1.165) is 17.7 Å². The maximum absolute atomic E-state index is 5.58. The van der Waals surface area contributed by atoms with Crippen molar-refractivity contribution in [3.05, 3.63) is 42.5 Å². The Kier molecular flexibility index (Phi) is 8.05. The number of allylic oxidation sites excluding steroid dienone is 1. The highest BCUT2D eigenvalue weighted by atomic mass is 35.5. The van der Waals surface area contributed by atoms with Crippen molar-refractivity contribution in [1.29, 1.82) is 0 Å².